The van der Waals surface area contributed by atoms with Gasteiger partial charge in [-0.05, 0) is 101 Å². The zero-order valence-electron chi connectivity index (χ0n) is 22.5. The lowest BCUT2D eigenvalue weighted by atomic mass is 9.95. The molecule has 6 heterocycles. The molecule has 0 saturated carbocycles. The van der Waals surface area contributed by atoms with Crippen LogP contribution in [0.5, 0.6) is 0 Å². The number of nitrogens with zero attached hydrogens (tertiary/aromatic N) is 6. The fourth-order valence-electron chi connectivity index (χ4n) is 4.96. The van der Waals surface area contributed by atoms with Crippen LogP contribution >= 0.6 is 0 Å². The predicted octanol–water partition coefficient (Wildman–Crippen LogP) is 8.06. The number of aromatic nitrogens is 6. The Labute approximate surface area is 243 Å². The van der Waals surface area contributed by atoms with Gasteiger partial charge in [-0.2, -0.15) is 0 Å². The van der Waals surface area contributed by atoms with Crippen molar-refractivity contribution in [1.29, 1.82) is 0 Å². The molecule has 0 aliphatic heterocycles. The fraction of sp³-hybridized carbons (Fsp3) is 0. The van der Waals surface area contributed by atoms with Gasteiger partial charge in [0.05, 0.1) is 22.8 Å². The van der Waals surface area contributed by atoms with Crippen LogP contribution in [0.4, 0.5) is 0 Å². The van der Waals surface area contributed by atoms with Crippen molar-refractivity contribution in [3.05, 3.63) is 147 Å². The monoisotopic (exact) mass is 540 g/mol. The number of hydrogen-bond acceptors (Lipinski definition) is 6. The molecule has 0 bridgehead atoms. The Morgan fingerprint density at radius 1 is 0.262 bits per heavy atom. The Morgan fingerprint density at radius 3 is 0.833 bits per heavy atom. The van der Waals surface area contributed by atoms with Gasteiger partial charge in [-0.15, -0.1) is 0 Å². The van der Waals surface area contributed by atoms with Crippen LogP contribution in [-0.4, -0.2) is 29.9 Å². The Bertz CT molecular complexity index is 1710. The first-order valence-corrected chi connectivity index (χ1v) is 13.6. The van der Waals surface area contributed by atoms with E-state index in [4.69, 9.17) is 9.97 Å². The van der Waals surface area contributed by atoms with E-state index < -0.39 is 0 Å². The topological polar surface area (TPSA) is 77.3 Å². The van der Waals surface area contributed by atoms with Gasteiger partial charge in [-0.1, -0.05) is 18.2 Å². The Hall–Kier alpha value is -5.88. The summed E-state index contributed by atoms with van der Waals surface area (Å²) in [7, 11) is 0. The molecule has 6 heteroatoms. The van der Waals surface area contributed by atoms with E-state index in [1.165, 1.54) is 0 Å². The fourth-order valence-corrected chi connectivity index (χ4v) is 4.96. The van der Waals surface area contributed by atoms with E-state index >= 15 is 0 Å². The number of pyridine rings is 6. The molecule has 42 heavy (non-hydrogen) atoms. The standard InChI is InChI=1S/C36H24N6/c1-2-29(31-21-33(25-4-12-37-13-5-25)41-34(22-31)26-6-14-38-15-7-26)20-30(3-1)32-23-35(27-8-16-39-17-9-27)42-36(24-32)28-10-18-40-19-11-28/h1-24H. The van der Waals surface area contributed by atoms with Gasteiger partial charge in [0.25, 0.3) is 0 Å². The second kappa shape index (κ2) is 11.3. The molecule has 7 rings (SSSR count). The molecule has 0 N–H and O–H groups in total. The highest BCUT2D eigenvalue weighted by atomic mass is 14.7. The average molecular weight is 541 g/mol. The van der Waals surface area contributed by atoms with Crippen LogP contribution in [0.3, 0.4) is 0 Å². The summed E-state index contributed by atoms with van der Waals surface area (Å²) >= 11 is 0. The first-order chi connectivity index (χ1) is 20.8. The van der Waals surface area contributed by atoms with E-state index in [-0.39, 0.29) is 0 Å². The lowest BCUT2D eigenvalue weighted by Crippen LogP contribution is -1.93. The molecule has 0 radical (unpaired) electrons. The highest BCUT2D eigenvalue weighted by Crippen LogP contribution is 2.34. The molecule has 0 spiro atoms. The molecule has 1 aromatic carbocycles. The molecule has 0 atom stereocenters. The molecule has 6 aromatic heterocycles. The van der Waals surface area contributed by atoms with E-state index in [9.17, 15) is 0 Å². The van der Waals surface area contributed by atoms with Gasteiger partial charge in [-0.25, -0.2) is 9.97 Å². The second-order valence-corrected chi connectivity index (χ2v) is 9.78. The van der Waals surface area contributed by atoms with Crippen LogP contribution in [0, 0.1) is 0 Å². The third kappa shape index (κ3) is 5.29. The van der Waals surface area contributed by atoms with Crippen molar-refractivity contribution < 1.29 is 0 Å². The summed E-state index contributed by atoms with van der Waals surface area (Å²) in [5.41, 5.74) is 11.9. The smallest absolute Gasteiger partial charge is 0.0716 e. The van der Waals surface area contributed by atoms with Crippen molar-refractivity contribution >= 4 is 0 Å². The summed E-state index contributed by atoms with van der Waals surface area (Å²) < 4.78 is 0. The van der Waals surface area contributed by atoms with Gasteiger partial charge >= 0.3 is 0 Å². The lowest BCUT2D eigenvalue weighted by molar-refractivity contribution is 1.27. The minimum Gasteiger partial charge on any atom is -0.265 e. The first-order valence-electron chi connectivity index (χ1n) is 13.6. The SMILES string of the molecule is c1cc(-c2cc(-c3ccncc3)nc(-c3ccncc3)c2)cc(-c2cc(-c3ccncc3)nc(-c3ccncc3)c2)c1. The van der Waals surface area contributed by atoms with Gasteiger partial charge in [-0.3, -0.25) is 19.9 Å². The lowest BCUT2D eigenvalue weighted by Gasteiger charge is -2.13. The molecule has 198 valence electrons. The normalized spacial score (nSPS) is 10.9. The Morgan fingerprint density at radius 2 is 0.548 bits per heavy atom. The van der Waals surface area contributed by atoms with Gasteiger partial charge in [0.2, 0.25) is 0 Å². The Kier molecular flexibility index (Phi) is 6.76. The molecule has 7 aromatic rings. The third-order valence-electron chi connectivity index (χ3n) is 7.08. The van der Waals surface area contributed by atoms with Gasteiger partial charge in [0.15, 0.2) is 0 Å². The highest BCUT2D eigenvalue weighted by Gasteiger charge is 2.12. The molecule has 6 nitrogen and oxygen atoms in total. The maximum absolute atomic E-state index is 5.00. The van der Waals surface area contributed by atoms with E-state index in [2.05, 4.69) is 68.5 Å². The average Bonchev–Trinajstić information content (AvgIpc) is 3.09. The minimum atomic E-state index is 0.885. The van der Waals surface area contributed by atoms with Crippen molar-refractivity contribution in [2.75, 3.05) is 0 Å². The maximum Gasteiger partial charge on any atom is 0.0716 e. The van der Waals surface area contributed by atoms with Crippen molar-refractivity contribution in [2.24, 2.45) is 0 Å². The predicted molar refractivity (Wildman–Crippen MR) is 166 cm³/mol. The molecule has 0 aliphatic rings. The molecule has 0 unspecified atom stereocenters. The molecule has 0 saturated heterocycles. The third-order valence-corrected chi connectivity index (χ3v) is 7.08. The summed E-state index contributed by atoms with van der Waals surface area (Å²) in [6.45, 7) is 0. The molecule has 0 aliphatic carbocycles. The van der Waals surface area contributed by atoms with Crippen molar-refractivity contribution in [1.82, 2.24) is 29.9 Å². The van der Waals surface area contributed by atoms with Crippen molar-refractivity contribution in [3.8, 4) is 67.3 Å². The van der Waals surface area contributed by atoms with Crippen molar-refractivity contribution in [3.63, 3.8) is 0 Å². The number of benzene rings is 1. The summed E-state index contributed by atoms with van der Waals surface area (Å²) in [5, 5.41) is 0. The minimum absolute atomic E-state index is 0.885. The van der Waals surface area contributed by atoms with Crippen LogP contribution in [0.15, 0.2) is 147 Å². The van der Waals surface area contributed by atoms with Crippen LogP contribution in [0.1, 0.15) is 0 Å². The number of hydrogen-bond donors (Lipinski definition) is 0. The summed E-state index contributed by atoms with van der Waals surface area (Å²) in [6.07, 6.45) is 14.3. The van der Waals surface area contributed by atoms with E-state index in [0.29, 0.717) is 0 Å². The molecular weight excluding hydrogens is 516 g/mol. The van der Waals surface area contributed by atoms with Gasteiger partial charge in [0, 0.05) is 71.8 Å². The Balaban J connectivity index is 1.37. The molecular formula is C36H24N6. The summed E-state index contributed by atoms with van der Waals surface area (Å²) in [4.78, 5) is 26.7. The van der Waals surface area contributed by atoms with Crippen LogP contribution in [-0.2, 0) is 0 Å². The maximum atomic E-state index is 5.00. The summed E-state index contributed by atoms with van der Waals surface area (Å²) in [5.74, 6) is 0. The summed E-state index contributed by atoms with van der Waals surface area (Å²) in [6, 6.07) is 33.0. The largest absolute Gasteiger partial charge is 0.265 e. The van der Waals surface area contributed by atoms with Crippen LogP contribution < -0.4 is 0 Å². The van der Waals surface area contributed by atoms with Gasteiger partial charge < -0.3 is 0 Å². The van der Waals surface area contributed by atoms with E-state index in [0.717, 1.165) is 67.3 Å². The van der Waals surface area contributed by atoms with Crippen LogP contribution in [0.2, 0.25) is 0 Å². The van der Waals surface area contributed by atoms with Gasteiger partial charge in [0.1, 0.15) is 0 Å². The van der Waals surface area contributed by atoms with Crippen molar-refractivity contribution in [2.45, 2.75) is 0 Å². The van der Waals surface area contributed by atoms with E-state index in [1.54, 1.807) is 49.6 Å². The van der Waals surface area contributed by atoms with E-state index in [1.807, 2.05) is 48.5 Å². The quantitative estimate of drug-likeness (QED) is 0.212. The zero-order chi connectivity index (χ0) is 28.1. The zero-order valence-corrected chi connectivity index (χ0v) is 22.5. The highest BCUT2D eigenvalue weighted by molar-refractivity contribution is 5.81. The first kappa shape index (κ1) is 25.1. The van der Waals surface area contributed by atoms with Crippen LogP contribution in [0.25, 0.3) is 67.3 Å². The molecule has 0 fully saturated rings. The molecule has 0 amide bonds. The number of rotatable bonds is 6. The second-order valence-electron chi connectivity index (χ2n) is 9.78.